The van der Waals surface area contributed by atoms with Crippen molar-refractivity contribution in [3.8, 4) is 55.6 Å². The molecule has 3 aliphatic rings. The Hall–Kier alpha value is -6.44. The Kier molecular flexibility index (Phi) is 6.29. The Morgan fingerprint density at radius 3 is 1.43 bits per heavy atom. The van der Waals surface area contributed by atoms with Crippen molar-refractivity contribution in [3.63, 3.8) is 0 Å². The van der Waals surface area contributed by atoms with Gasteiger partial charge in [-0.25, -0.2) is 0 Å². The molecule has 0 aromatic heterocycles. The van der Waals surface area contributed by atoms with Crippen LogP contribution >= 0.6 is 0 Å². The smallest absolute Gasteiger partial charge is 0.0726 e. The van der Waals surface area contributed by atoms with Gasteiger partial charge in [0, 0.05) is 27.9 Å². The highest BCUT2D eigenvalue weighted by Gasteiger charge is 2.51. The summed E-state index contributed by atoms with van der Waals surface area (Å²) in [4.78, 5) is 0. The summed E-state index contributed by atoms with van der Waals surface area (Å²) in [5.41, 5.74) is 22.6. The van der Waals surface area contributed by atoms with Crippen molar-refractivity contribution >= 4 is 11.4 Å². The molecule has 250 valence electrons. The molecule has 0 bridgehead atoms. The van der Waals surface area contributed by atoms with E-state index in [9.17, 15) is 0 Å². The maximum absolute atomic E-state index is 4.05. The number of anilines is 2. The molecule has 0 saturated carbocycles. The predicted octanol–water partition coefficient (Wildman–Crippen LogP) is 13.4. The minimum atomic E-state index is -0.422. The SMILES string of the molecule is CC1(C)c2ccccc2-c2ccc(-c3cc4c(cc3Nc3ccccc3-c3ccccc3)C3(c5ccccc5-c5ccccc53)c3ccccc3-4)cc21. The van der Waals surface area contributed by atoms with Crippen LogP contribution in [0.25, 0.3) is 55.6 Å². The van der Waals surface area contributed by atoms with E-state index in [1.54, 1.807) is 0 Å². The van der Waals surface area contributed by atoms with E-state index in [1.807, 2.05) is 0 Å². The van der Waals surface area contributed by atoms with E-state index in [2.05, 4.69) is 201 Å². The molecule has 3 aliphatic carbocycles. The Morgan fingerprint density at radius 1 is 0.302 bits per heavy atom. The monoisotopic (exact) mass is 675 g/mol. The standard InChI is InChI=1S/C52H37N/c1-51(2)43-23-11-6-19-36(43)40-29-28-34(30-47(40)51)41-31-42-39-22-9-14-26-46(39)52(44-24-12-7-20-37(44)38-21-8-13-25-45(38)52)48(42)32-50(41)53-49-27-15-10-18-35(49)33-16-4-3-5-17-33/h3-32,53H,1-2H3. The lowest BCUT2D eigenvalue weighted by atomic mass is 9.70. The van der Waals surface area contributed by atoms with Gasteiger partial charge in [0.1, 0.15) is 0 Å². The van der Waals surface area contributed by atoms with Crippen molar-refractivity contribution in [1.29, 1.82) is 0 Å². The first kappa shape index (κ1) is 30.2. The molecule has 0 atom stereocenters. The van der Waals surface area contributed by atoms with E-state index in [0.717, 1.165) is 11.4 Å². The van der Waals surface area contributed by atoms with Gasteiger partial charge in [-0.05, 0) is 102 Å². The fourth-order valence-electron chi connectivity index (χ4n) is 9.96. The number of benzene rings is 8. The zero-order chi connectivity index (χ0) is 35.3. The van der Waals surface area contributed by atoms with Gasteiger partial charge < -0.3 is 5.32 Å². The van der Waals surface area contributed by atoms with Gasteiger partial charge in [0.25, 0.3) is 0 Å². The van der Waals surface area contributed by atoms with E-state index in [4.69, 9.17) is 0 Å². The van der Waals surface area contributed by atoms with Crippen LogP contribution in [0.1, 0.15) is 47.2 Å². The quantitative estimate of drug-likeness (QED) is 0.196. The molecular weight excluding hydrogens is 639 g/mol. The molecule has 0 aliphatic heterocycles. The number of nitrogens with one attached hydrogen (secondary N) is 1. The average Bonchev–Trinajstić information content (AvgIpc) is 3.76. The summed E-state index contributed by atoms with van der Waals surface area (Å²) >= 11 is 0. The van der Waals surface area contributed by atoms with Gasteiger partial charge in [0.05, 0.1) is 5.41 Å². The molecule has 1 heteroatoms. The van der Waals surface area contributed by atoms with Crippen LogP contribution in [0.15, 0.2) is 182 Å². The second kappa shape index (κ2) is 11.0. The van der Waals surface area contributed by atoms with E-state index in [0.29, 0.717) is 0 Å². The summed E-state index contributed by atoms with van der Waals surface area (Å²) in [5, 5.41) is 4.05. The molecule has 8 aromatic carbocycles. The third kappa shape index (κ3) is 4.08. The minimum Gasteiger partial charge on any atom is -0.355 e. The Bertz CT molecular complexity index is 2740. The van der Waals surface area contributed by atoms with Crippen molar-refractivity contribution in [2.75, 3.05) is 5.32 Å². The highest BCUT2D eigenvalue weighted by atomic mass is 14.9. The lowest BCUT2D eigenvalue weighted by Crippen LogP contribution is -2.26. The maximum atomic E-state index is 4.05. The highest BCUT2D eigenvalue weighted by molar-refractivity contribution is 5.99. The topological polar surface area (TPSA) is 12.0 Å². The third-order valence-electron chi connectivity index (χ3n) is 12.3. The third-order valence-corrected chi connectivity index (χ3v) is 12.3. The number of hydrogen-bond acceptors (Lipinski definition) is 1. The van der Waals surface area contributed by atoms with E-state index in [-0.39, 0.29) is 5.41 Å². The minimum absolute atomic E-state index is 0.0971. The molecule has 1 nitrogen and oxygen atoms in total. The highest BCUT2D eigenvalue weighted by Crippen LogP contribution is 2.64. The Labute approximate surface area is 311 Å². The van der Waals surface area contributed by atoms with Crippen LogP contribution < -0.4 is 5.32 Å². The van der Waals surface area contributed by atoms with Gasteiger partial charge in [-0.2, -0.15) is 0 Å². The largest absolute Gasteiger partial charge is 0.355 e. The van der Waals surface area contributed by atoms with Crippen molar-refractivity contribution in [1.82, 2.24) is 0 Å². The molecule has 8 aromatic rings. The van der Waals surface area contributed by atoms with Crippen LogP contribution in [-0.4, -0.2) is 0 Å². The number of fused-ring (bicyclic) bond motifs is 13. The summed E-state index contributed by atoms with van der Waals surface area (Å²) < 4.78 is 0. The lowest BCUT2D eigenvalue weighted by Gasteiger charge is -2.31. The molecule has 0 radical (unpaired) electrons. The first-order valence-electron chi connectivity index (χ1n) is 18.7. The van der Waals surface area contributed by atoms with Gasteiger partial charge in [-0.3, -0.25) is 0 Å². The Balaban J connectivity index is 1.20. The fraction of sp³-hybridized carbons (Fsp3) is 0.0769. The molecule has 0 saturated heterocycles. The summed E-state index contributed by atoms with van der Waals surface area (Å²) in [7, 11) is 0. The zero-order valence-electron chi connectivity index (χ0n) is 29.8. The van der Waals surface area contributed by atoms with Gasteiger partial charge >= 0.3 is 0 Å². The molecule has 0 unspecified atom stereocenters. The van der Waals surface area contributed by atoms with Crippen LogP contribution in [0.4, 0.5) is 11.4 Å². The lowest BCUT2D eigenvalue weighted by molar-refractivity contribution is 0.660. The van der Waals surface area contributed by atoms with E-state index in [1.165, 1.54) is 89.0 Å². The Morgan fingerprint density at radius 2 is 0.792 bits per heavy atom. The molecule has 0 fully saturated rings. The van der Waals surface area contributed by atoms with Gasteiger partial charge in [-0.15, -0.1) is 0 Å². The van der Waals surface area contributed by atoms with Crippen molar-refractivity contribution < 1.29 is 0 Å². The summed E-state index contributed by atoms with van der Waals surface area (Å²) in [6.07, 6.45) is 0. The number of para-hydroxylation sites is 1. The zero-order valence-corrected chi connectivity index (χ0v) is 29.8. The van der Waals surface area contributed by atoms with Gasteiger partial charge in [-0.1, -0.05) is 172 Å². The molecule has 11 rings (SSSR count). The second-order valence-corrected chi connectivity index (χ2v) is 15.3. The molecule has 0 heterocycles. The summed E-state index contributed by atoms with van der Waals surface area (Å²) in [6.45, 7) is 4.74. The van der Waals surface area contributed by atoms with Crippen LogP contribution in [0, 0.1) is 0 Å². The normalized spacial score (nSPS) is 14.5. The summed E-state index contributed by atoms with van der Waals surface area (Å²) in [5.74, 6) is 0. The average molecular weight is 676 g/mol. The van der Waals surface area contributed by atoms with Crippen LogP contribution in [0.5, 0.6) is 0 Å². The van der Waals surface area contributed by atoms with Crippen molar-refractivity contribution in [2.45, 2.75) is 24.7 Å². The number of hydrogen-bond donors (Lipinski definition) is 1. The molecule has 53 heavy (non-hydrogen) atoms. The van der Waals surface area contributed by atoms with Gasteiger partial charge in [0.2, 0.25) is 0 Å². The molecule has 1 spiro atoms. The first-order chi connectivity index (χ1) is 26.0. The predicted molar refractivity (Wildman–Crippen MR) is 221 cm³/mol. The number of rotatable bonds is 4. The van der Waals surface area contributed by atoms with Crippen LogP contribution in [0.2, 0.25) is 0 Å². The maximum Gasteiger partial charge on any atom is 0.0726 e. The van der Waals surface area contributed by atoms with Gasteiger partial charge in [0.15, 0.2) is 0 Å². The van der Waals surface area contributed by atoms with E-state index < -0.39 is 5.41 Å². The second-order valence-electron chi connectivity index (χ2n) is 15.3. The van der Waals surface area contributed by atoms with Crippen LogP contribution in [0.3, 0.4) is 0 Å². The fourth-order valence-corrected chi connectivity index (χ4v) is 9.96. The van der Waals surface area contributed by atoms with Crippen molar-refractivity contribution in [2.24, 2.45) is 0 Å². The molecule has 1 N–H and O–H groups in total. The van der Waals surface area contributed by atoms with E-state index >= 15 is 0 Å². The van der Waals surface area contributed by atoms with Crippen LogP contribution in [-0.2, 0) is 10.8 Å². The molecular formula is C52H37N. The van der Waals surface area contributed by atoms with Crippen molar-refractivity contribution in [3.05, 3.63) is 215 Å². The summed E-state index contributed by atoms with van der Waals surface area (Å²) in [6, 6.07) is 67.7. The molecule has 0 amide bonds. The first-order valence-corrected chi connectivity index (χ1v) is 18.7.